The molecule has 0 aromatic heterocycles. The highest BCUT2D eigenvalue weighted by Gasteiger charge is 2.54. The smallest absolute Gasteiger partial charge is 0.305 e. The summed E-state index contributed by atoms with van der Waals surface area (Å²) in [5, 5.41) is 0. The summed E-state index contributed by atoms with van der Waals surface area (Å²) in [7, 11) is -5.49. The topological polar surface area (TPSA) is 63.6 Å². The highest BCUT2D eigenvalue weighted by molar-refractivity contribution is 7.86. The summed E-state index contributed by atoms with van der Waals surface area (Å²) in [6.07, 6.45) is 6.07. The fourth-order valence-electron chi connectivity index (χ4n) is 4.78. The molecular weight excluding hydrogens is 278 g/mol. The molecule has 4 rings (SSSR count). The highest BCUT2D eigenvalue weighted by atomic mass is 32.2. The Kier molecular flexibility index (Phi) is 2.97. The van der Waals surface area contributed by atoms with Gasteiger partial charge in [0, 0.05) is 0 Å². The maximum Gasteiger partial charge on any atom is 0.487 e. The van der Waals surface area contributed by atoms with Gasteiger partial charge in [0.05, 0.1) is 6.61 Å². The van der Waals surface area contributed by atoms with Gasteiger partial charge in [-0.25, -0.2) is 0 Å². The summed E-state index contributed by atoms with van der Waals surface area (Å²) in [6.45, 7) is -0.275. The summed E-state index contributed by atoms with van der Waals surface area (Å²) in [6, 6.07) is 0. The van der Waals surface area contributed by atoms with Gasteiger partial charge in [-0.2, -0.15) is 17.2 Å². The number of ether oxygens (including phenoxy) is 1. The van der Waals surface area contributed by atoms with Crippen LogP contribution in [-0.2, 0) is 14.9 Å². The molecule has 0 unspecified atom stereocenters. The number of alkyl halides is 2. The van der Waals surface area contributed by atoms with Crippen molar-refractivity contribution >= 4 is 10.1 Å². The van der Waals surface area contributed by atoms with E-state index in [0.29, 0.717) is 17.8 Å². The van der Waals surface area contributed by atoms with Crippen LogP contribution in [0.15, 0.2) is 0 Å². The number of hydrogen-bond donors (Lipinski definition) is 1. The highest BCUT2D eigenvalue weighted by Crippen LogP contribution is 2.60. The number of halogens is 2. The summed E-state index contributed by atoms with van der Waals surface area (Å²) >= 11 is 0. The predicted molar refractivity (Wildman–Crippen MR) is 63.1 cm³/mol. The zero-order valence-electron chi connectivity index (χ0n) is 10.5. The van der Waals surface area contributed by atoms with Crippen LogP contribution in [0.2, 0.25) is 0 Å². The van der Waals surface area contributed by atoms with Gasteiger partial charge in [0.2, 0.25) is 0 Å². The van der Waals surface area contributed by atoms with Crippen LogP contribution in [-0.4, -0.2) is 25.0 Å². The van der Waals surface area contributed by atoms with Crippen molar-refractivity contribution in [3.63, 3.8) is 0 Å². The standard InChI is InChI=1S/C12H18F2O4S/c13-12(14,19(15,16)17)18-7-11-4-8-1-9(5-11)3-10(2-8)6-11/h8-10H,1-7H2,(H,15,16,17). The third-order valence-electron chi connectivity index (χ3n) is 5.01. The van der Waals surface area contributed by atoms with E-state index < -0.39 is 15.6 Å². The average molecular weight is 296 g/mol. The molecule has 0 aromatic carbocycles. The second-order valence-electron chi connectivity index (χ2n) is 6.64. The Morgan fingerprint density at radius 1 is 1.11 bits per heavy atom. The fraction of sp³-hybridized carbons (Fsp3) is 1.00. The number of rotatable bonds is 4. The van der Waals surface area contributed by atoms with Gasteiger partial charge in [0.25, 0.3) is 0 Å². The molecule has 4 aliphatic rings. The predicted octanol–water partition coefficient (Wildman–Crippen LogP) is 2.66. The third-order valence-corrected chi connectivity index (χ3v) is 5.73. The SMILES string of the molecule is O=S(=O)(O)C(F)(F)OCC12CC3CC(CC(C3)C1)C2. The molecule has 4 fully saturated rings. The van der Waals surface area contributed by atoms with E-state index in [1.54, 1.807) is 0 Å². The summed E-state index contributed by atoms with van der Waals surface area (Å²) in [5.41, 5.74) is -4.79. The normalized spacial score (nSPS) is 41.7. The monoisotopic (exact) mass is 296 g/mol. The molecule has 19 heavy (non-hydrogen) atoms. The van der Waals surface area contributed by atoms with Crippen LogP contribution in [0.4, 0.5) is 8.78 Å². The quantitative estimate of drug-likeness (QED) is 0.810. The molecule has 0 atom stereocenters. The molecule has 4 bridgehead atoms. The number of hydrogen-bond acceptors (Lipinski definition) is 3. The molecular formula is C12H18F2O4S. The fourth-order valence-corrected chi connectivity index (χ4v) is 4.99. The molecule has 1 N–H and O–H groups in total. The Morgan fingerprint density at radius 2 is 1.53 bits per heavy atom. The van der Waals surface area contributed by atoms with Crippen LogP contribution in [0.3, 0.4) is 0 Å². The Balaban J connectivity index is 1.70. The summed E-state index contributed by atoms with van der Waals surface area (Å²) < 4.78 is 60.2. The zero-order valence-corrected chi connectivity index (χ0v) is 11.3. The molecule has 0 saturated heterocycles. The third kappa shape index (κ3) is 2.40. The van der Waals surface area contributed by atoms with E-state index in [-0.39, 0.29) is 12.0 Å². The van der Waals surface area contributed by atoms with Gasteiger partial charge in [-0.1, -0.05) is 0 Å². The van der Waals surface area contributed by atoms with Crippen LogP contribution in [0.5, 0.6) is 0 Å². The van der Waals surface area contributed by atoms with Gasteiger partial charge in [-0.3, -0.25) is 4.55 Å². The van der Waals surface area contributed by atoms with Crippen LogP contribution in [0.1, 0.15) is 38.5 Å². The summed E-state index contributed by atoms with van der Waals surface area (Å²) in [4.78, 5) is 0. The molecule has 4 saturated carbocycles. The van der Waals surface area contributed by atoms with Crippen LogP contribution in [0.25, 0.3) is 0 Å². The van der Waals surface area contributed by atoms with Crippen LogP contribution >= 0.6 is 0 Å². The van der Waals surface area contributed by atoms with Gasteiger partial charge >= 0.3 is 15.6 Å². The minimum atomic E-state index is -5.49. The van der Waals surface area contributed by atoms with Gasteiger partial charge in [0.15, 0.2) is 0 Å². The molecule has 110 valence electrons. The van der Waals surface area contributed by atoms with Gasteiger partial charge in [-0.15, -0.1) is 0 Å². The molecule has 0 heterocycles. The molecule has 0 aromatic rings. The van der Waals surface area contributed by atoms with Crippen molar-refractivity contribution in [2.45, 2.75) is 44.0 Å². The molecule has 4 nitrogen and oxygen atoms in total. The van der Waals surface area contributed by atoms with Crippen molar-refractivity contribution in [1.29, 1.82) is 0 Å². The Morgan fingerprint density at radius 3 is 1.89 bits per heavy atom. The first-order valence-electron chi connectivity index (χ1n) is 6.68. The van der Waals surface area contributed by atoms with Crippen molar-refractivity contribution in [1.82, 2.24) is 0 Å². The van der Waals surface area contributed by atoms with Crippen molar-refractivity contribution in [2.24, 2.45) is 23.2 Å². The van der Waals surface area contributed by atoms with E-state index in [4.69, 9.17) is 4.55 Å². The van der Waals surface area contributed by atoms with Gasteiger partial charge in [-0.05, 0) is 61.7 Å². The first-order chi connectivity index (χ1) is 8.69. The van der Waals surface area contributed by atoms with E-state index >= 15 is 0 Å². The second kappa shape index (κ2) is 4.11. The molecule has 4 aliphatic carbocycles. The molecule has 0 amide bonds. The average Bonchev–Trinajstić information content (AvgIpc) is 2.23. The lowest BCUT2D eigenvalue weighted by molar-refractivity contribution is -0.212. The lowest BCUT2D eigenvalue weighted by Gasteiger charge is -2.56. The van der Waals surface area contributed by atoms with E-state index in [1.807, 2.05) is 0 Å². The van der Waals surface area contributed by atoms with E-state index in [9.17, 15) is 17.2 Å². The van der Waals surface area contributed by atoms with E-state index in [1.165, 1.54) is 19.3 Å². The Labute approximate surface area is 111 Å². The largest absolute Gasteiger partial charge is 0.487 e. The Bertz CT molecular complexity index is 439. The molecule has 7 heteroatoms. The maximum atomic E-state index is 13.2. The molecule has 0 spiro atoms. The molecule has 0 radical (unpaired) electrons. The lowest BCUT2D eigenvalue weighted by atomic mass is 9.50. The minimum Gasteiger partial charge on any atom is -0.305 e. The first-order valence-corrected chi connectivity index (χ1v) is 8.12. The first kappa shape index (κ1) is 13.7. The van der Waals surface area contributed by atoms with Crippen molar-refractivity contribution < 1.29 is 26.5 Å². The zero-order chi connectivity index (χ0) is 13.9. The van der Waals surface area contributed by atoms with E-state index in [0.717, 1.165) is 19.3 Å². The Hall–Kier alpha value is -0.270. The summed E-state index contributed by atoms with van der Waals surface area (Å²) in [5.74, 6) is 1.73. The van der Waals surface area contributed by atoms with Gasteiger partial charge in [0.1, 0.15) is 0 Å². The molecule has 0 aliphatic heterocycles. The van der Waals surface area contributed by atoms with Crippen molar-refractivity contribution in [2.75, 3.05) is 6.61 Å². The minimum absolute atomic E-state index is 0.275. The lowest BCUT2D eigenvalue weighted by Crippen LogP contribution is -2.49. The van der Waals surface area contributed by atoms with Crippen LogP contribution < -0.4 is 0 Å². The van der Waals surface area contributed by atoms with Gasteiger partial charge < -0.3 is 4.74 Å². The van der Waals surface area contributed by atoms with E-state index in [2.05, 4.69) is 4.74 Å². The van der Waals surface area contributed by atoms with Crippen molar-refractivity contribution in [3.05, 3.63) is 0 Å². The van der Waals surface area contributed by atoms with Crippen molar-refractivity contribution in [3.8, 4) is 0 Å². The van der Waals surface area contributed by atoms with Crippen LogP contribution in [0, 0.1) is 23.2 Å². The second-order valence-corrected chi connectivity index (χ2v) is 8.07. The maximum absolute atomic E-state index is 13.2.